The van der Waals surface area contributed by atoms with Gasteiger partial charge in [-0.05, 0) is 12.8 Å². The number of hydrogen-bond acceptors (Lipinski definition) is 5. The second kappa shape index (κ2) is 6.20. The van der Waals surface area contributed by atoms with E-state index < -0.39 is 36.5 Å². The summed E-state index contributed by atoms with van der Waals surface area (Å²) < 4.78 is 45.7. The van der Waals surface area contributed by atoms with E-state index in [1.54, 1.807) is 5.32 Å². The molecule has 3 atom stereocenters. The molecule has 6 nitrogen and oxygen atoms in total. The second-order valence-electron chi connectivity index (χ2n) is 4.11. The van der Waals surface area contributed by atoms with Crippen LogP contribution < -0.4 is 5.32 Å². The Labute approximate surface area is 106 Å². The van der Waals surface area contributed by atoms with E-state index in [0.717, 1.165) is 0 Å². The van der Waals surface area contributed by atoms with Gasteiger partial charge in [-0.3, -0.25) is 9.59 Å². The van der Waals surface area contributed by atoms with Crippen molar-refractivity contribution in [3.8, 4) is 0 Å². The number of halogens is 3. The van der Waals surface area contributed by atoms with Crippen LogP contribution in [0.15, 0.2) is 0 Å². The Kier molecular flexibility index (Phi) is 5.12. The van der Waals surface area contributed by atoms with Crippen LogP contribution in [0.25, 0.3) is 0 Å². The highest BCUT2D eigenvalue weighted by molar-refractivity contribution is 5.81. The van der Waals surface area contributed by atoms with Gasteiger partial charge in [-0.25, -0.2) is 0 Å². The second-order valence-corrected chi connectivity index (χ2v) is 4.11. The molecule has 1 saturated heterocycles. The molecule has 2 N–H and O–H groups in total. The average molecular weight is 285 g/mol. The zero-order valence-electron chi connectivity index (χ0n) is 10.1. The third kappa shape index (κ3) is 5.03. The molecule has 0 aromatic carbocycles. The van der Waals surface area contributed by atoms with Crippen molar-refractivity contribution in [3.05, 3.63) is 0 Å². The highest BCUT2D eigenvalue weighted by Gasteiger charge is 2.42. The number of nitrogens with one attached hydrogen (secondary N) is 1. The Balaban J connectivity index is 2.42. The van der Waals surface area contributed by atoms with E-state index >= 15 is 0 Å². The maximum Gasteiger partial charge on any atom is 0.471 e. The summed E-state index contributed by atoms with van der Waals surface area (Å²) in [6, 6.07) is -1.14. The molecule has 1 rings (SSSR count). The van der Waals surface area contributed by atoms with Crippen molar-refractivity contribution in [2.75, 3.05) is 6.61 Å². The molecule has 0 aromatic rings. The Morgan fingerprint density at radius 3 is 2.53 bits per heavy atom. The monoisotopic (exact) mass is 285 g/mol. The Morgan fingerprint density at radius 2 is 2.05 bits per heavy atom. The lowest BCUT2D eigenvalue weighted by Crippen LogP contribution is -2.53. The predicted octanol–water partition coefficient (Wildman–Crippen LogP) is 0.0940. The SMILES string of the molecule is CC(=O)OC[C@H]1CC[C@H](NC(=O)C(F)(F)F)[C@@H](O)O1. The van der Waals surface area contributed by atoms with Gasteiger partial charge in [0.2, 0.25) is 0 Å². The molecule has 0 aliphatic carbocycles. The smallest absolute Gasteiger partial charge is 0.463 e. The molecule has 0 spiro atoms. The minimum absolute atomic E-state index is 0.0909. The maximum absolute atomic E-state index is 12.0. The van der Waals surface area contributed by atoms with E-state index in [1.165, 1.54) is 6.92 Å². The lowest BCUT2D eigenvalue weighted by atomic mass is 10.0. The van der Waals surface area contributed by atoms with Gasteiger partial charge in [-0.1, -0.05) is 0 Å². The summed E-state index contributed by atoms with van der Waals surface area (Å²) in [5, 5.41) is 11.1. The molecule has 0 saturated carbocycles. The van der Waals surface area contributed by atoms with Gasteiger partial charge in [0.15, 0.2) is 6.29 Å². The number of amides is 1. The summed E-state index contributed by atoms with van der Waals surface area (Å²) >= 11 is 0. The molecule has 1 amide bonds. The fourth-order valence-electron chi connectivity index (χ4n) is 1.59. The third-order valence-electron chi connectivity index (χ3n) is 2.52. The Bertz CT molecular complexity index is 347. The van der Waals surface area contributed by atoms with E-state index in [0.29, 0.717) is 0 Å². The number of hydrogen-bond donors (Lipinski definition) is 2. The van der Waals surface area contributed by atoms with Crippen LogP contribution in [0.3, 0.4) is 0 Å². The van der Waals surface area contributed by atoms with Crippen molar-refractivity contribution >= 4 is 11.9 Å². The normalized spacial score (nSPS) is 27.7. The lowest BCUT2D eigenvalue weighted by molar-refractivity contribution is -0.202. The number of aliphatic hydroxyl groups excluding tert-OH is 1. The number of esters is 1. The molecule has 1 heterocycles. The third-order valence-corrected chi connectivity index (χ3v) is 2.52. The van der Waals surface area contributed by atoms with Crippen LogP contribution in [0.5, 0.6) is 0 Å². The number of carbonyl (C=O) groups is 2. The minimum atomic E-state index is -5.01. The first kappa shape index (κ1) is 15.7. The number of aliphatic hydroxyl groups is 1. The molecule has 110 valence electrons. The molecule has 1 aliphatic rings. The molecule has 0 radical (unpaired) electrons. The Hall–Kier alpha value is -1.35. The van der Waals surface area contributed by atoms with Crippen LogP contribution in [0, 0.1) is 0 Å². The molecule has 0 unspecified atom stereocenters. The van der Waals surface area contributed by atoms with E-state index in [4.69, 9.17) is 4.74 Å². The molecule has 1 fully saturated rings. The maximum atomic E-state index is 12.0. The zero-order chi connectivity index (χ0) is 14.6. The van der Waals surface area contributed by atoms with Crippen LogP contribution in [0.2, 0.25) is 0 Å². The lowest BCUT2D eigenvalue weighted by Gasteiger charge is -2.33. The van der Waals surface area contributed by atoms with Crippen molar-refractivity contribution < 1.29 is 37.3 Å². The molecule has 1 aliphatic heterocycles. The summed E-state index contributed by atoms with van der Waals surface area (Å²) in [7, 11) is 0. The van der Waals surface area contributed by atoms with Gasteiger partial charge in [0, 0.05) is 6.92 Å². The fraction of sp³-hybridized carbons (Fsp3) is 0.800. The van der Waals surface area contributed by atoms with Crippen molar-refractivity contribution in [2.45, 2.75) is 44.4 Å². The molecule has 19 heavy (non-hydrogen) atoms. The Morgan fingerprint density at radius 1 is 1.42 bits per heavy atom. The summed E-state index contributed by atoms with van der Waals surface area (Å²) in [5.74, 6) is -2.65. The molecule has 9 heteroatoms. The highest BCUT2D eigenvalue weighted by Crippen LogP contribution is 2.21. The number of carbonyl (C=O) groups excluding carboxylic acids is 2. The molecular formula is C10H14F3NO5. The number of ether oxygens (including phenoxy) is 2. The van der Waals surface area contributed by atoms with Gasteiger partial charge in [-0.2, -0.15) is 13.2 Å². The van der Waals surface area contributed by atoms with Gasteiger partial charge in [0.25, 0.3) is 0 Å². The highest BCUT2D eigenvalue weighted by atomic mass is 19.4. The van der Waals surface area contributed by atoms with Crippen LogP contribution in [-0.4, -0.2) is 48.2 Å². The number of alkyl halides is 3. The molecular weight excluding hydrogens is 271 g/mol. The fourth-order valence-corrected chi connectivity index (χ4v) is 1.59. The van der Waals surface area contributed by atoms with Crippen LogP contribution in [-0.2, 0) is 19.1 Å². The van der Waals surface area contributed by atoms with Crippen molar-refractivity contribution in [1.29, 1.82) is 0 Å². The number of rotatable bonds is 3. The van der Waals surface area contributed by atoms with Crippen LogP contribution in [0.4, 0.5) is 13.2 Å². The standard InChI is InChI=1S/C10H14F3NO5/c1-5(15)18-4-6-2-3-7(8(16)19-6)14-9(17)10(11,12)13/h6-8,16H,2-4H2,1H3,(H,14,17)/t6-,7+,8+/m1/s1. The van der Waals surface area contributed by atoms with Crippen LogP contribution >= 0.6 is 0 Å². The first-order chi connectivity index (χ1) is 8.70. The largest absolute Gasteiger partial charge is 0.471 e. The summed E-state index contributed by atoms with van der Waals surface area (Å²) in [6.07, 6.45) is -6.82. The summed E-state index contributed by atoms with van der Waals surface area (Å²) in [4.78, 5) is 21.3. The topological polar surface area (TPSA) is 84.9 Å². The quantitative estimate of drug-likeness (QED) is 0.718. The van der Waals surface area contributed by atoms with Crippen molar-refractivity contribution in [2.24, 2.45) is 0 Å². The average Bonchev–Trinajstić information content (AvgIpc) is 2.28. The predicted molar refractivity (Wildman–Crippen MR) is 54.7 cm³/mol. The van der Waals surface area contributed by atoms with E-state index in [-0.39, 0.29) is 19.4 Å². The van der Waals surface area contributed by atoms with Crippen LogP contribution in [0.1, 0.15) is 19.8 Å². The van der Waals surface area contributed by atoms with E-state index in [1.807, 2.05) is 0 Å². The van der Waals surface area contributed by atoms with E-state index in [9.17, 15) is 27.9 Å². The van der Waals surface area contributed by atoms with E-state index in [2.05, 4.69) is 4.74 Å². The molecule has 0 bridgehead atoms. The summed E-state index contributed by atoms with van der Waals surface area (Å²) in [5.41, 5.74) is 0. The first-order valence-electron chi connectivity index (χ1n) is 5.54. The van der Waals surface area contributed by atoms with Gasteiger partial charge in [0.1, 0.15) is 6.61 Å². The zero-order valence-corrected chi connectivity index (χ0v) is 10.1. The first-order valence-corrected chi connectivity index (χ1v) is 5.54. The minimum Gasteiger partial charge on any atom is -0.463 e. The van der Waals surface area contributed by atoms with Gasteiger partial charge in [0.05, 0.1) is 12.1 Å². The van der Waals surface area contributed by atoms with Gasteiger partial charge in [-0.15, -0.1) is 0 Å². The van der Waals surface area contributed by atoms with Crippen molar-refractivity contribution in [1.82, 2.24) is 5.32 Å². The molecule has 0 aromatic heterocycles. The van der Waals surface area contributed by atoms with Gasteiger partial charge < -0.3 is 19.9 Å². The van der Waals surface area contributed by atoms with Gasteiger partial charge >= 0.3 is 18.1 Å². The summed E-state index contributed by atoms with van der Waals surface area (Å²) in [6.45, 7) is 1.11. The van der Waals surface area contributed by atoms with Crippen molar-refractivity contribution in [3.63, 3.8) is 0 Å².